The number of nitrogens with zero attached hydrogens (tertiary/aromatic N) is 1. The number of carbonyl (C=O) groups excluding carboxylic acids is 1. The molecule has 19 heavy (non-hydrogen) atoms. The van der Waals surface area contributed by atoms with Crippen LogP contribution in [-0.4, -0.2) is 18.9 Å². The van der Waals surface area contributed by atoms with Gasteiger partial charge in [-0.15, -0.1) is 0 Å². The first kappa shape index (κ1) is 13.4. The van der Waals surface area contributed by atoms with Gasteiger partial charge in [0.05, 0.1) is 12.8 Å². The second kappa shape index (κ2) is 6.78. The topological polar surface area (TPSA) is 33.5 Å². The molecule has 1 heterocycles. The maximum Gasteiger partial charge on any atom is 0.217 e. The molecule has 0 saturated heterocycles. The Bertz CT molecular complexity index is 491. The normalized spacial score (nSPS) is 10.4. The molecule has 0 saturated carbocycles. The monoisotopic (exact) mass is 257 g/mol. The summed E-state index contributed by atoms with van der Waals surface area (Å²) < 4.78 is 5.16. The molecule has 0 spiro atoms. The van der Waals surface area contributed by atoms with E-state index in [0.29, 0.717) is 12.3 Å². The number of rotatable bonds is 7. The third-order valence-corrected chi connectivity index (χ3v) is 3.03. The summed E-state index contributed by atoms with van der Waals surface area (Å²) >= 11 is 0. The first-order valence-electron chi connectivity index (χ1n) is 6.68. The highest BCUT2D eigenvalue weighted by atomic mass is 16.3. The smallest absolute Gasteiger partial charge is 0.217 e. The molecule has 1 aromatic heterocycles. The summed E-state index contributed by atoms with van der Waals surface area (Å²) in [5.41, 5.74) is 1.08. The van der Waals surface area contributed by atoms with E-state index in [1.807, 2.05) is 30.3 Å². The first-order chi connectivity index (χ1) is 9.31. The molecule has 0 aliphatic carbocycles. The molecule has 2 aromatic rings. The van der Waals surface area contributed by atoms with Gasteiger partial charge in [0.15, 0.2) is 5.76 Å². The number of hydrogen-bond acceptors (Lipinski definition) is 3. The van der Waals surface area contributed by atoms with Crippen LogP contribution in [-0.2, 0) is 0 Å². The second-order valence-electron chi connectivity index (χ2n) is 4.51. The summed E-state index contributed by atoms with van der Waals surface area (Å²) in [6, 6.07) is 13.5. The van der Waals surface area contributed by atoms with E-state index in [-0.39, 0.29) is 5.78 Å². The third-order valence-electron chi connectivity index (χ3n) is 3.03. The number of benzene rings is 1. The van der Waals surface area contributed by atoms with Crippen molar-refractivity contribution in [3.8, 4) is 0 Å². The summed E-state index contributed by atoms with van der Waals surface area (Å²) in [4.78, 5) is 14.2. The van der Waals surface area contributed by atoms with Crippen LogP contribution >= 0.6 is 0 Å². The SMILES string of the molecule is CCCCN(CC(=O)c1ccco1)c1ccccc1. The molecule has 0 aliphatic rings. The fourth-order valence-corrected chi connectivity index (χ4v) is 1.98. The lowest BCUT2D eigenvalue weighted by Crippen LogP contribution is -2.30. The zero-order valence-electron chi connectivity index (χ0n) is 11.2. The van der Waals surface area contributed by atoms with Gasteiger partial charge in [-0.2, -0.15) is 0 Å². The number of Topliss-reactive ketones (excluding diaryl/α,β-unsaturated/α-hetero) is 1. The van der Waals surface area contributed by atoms with Crippen LogP contribution in [0, 0.1) is 0 Å². The van der Waals surface area contributed by atoms with E-state index in [2.05, 4.69) is 11.8 Å². The summed E-state index contributed by atoms with van der Waals surface area (Å²) in [5.74, 6) is 0.447. The Hall–Kier alpha value is -2.03. The molecule has 0 atom stereocenters. The number of ketones is 1. The molecule has 0 amide bonds. The van der Waals surface area contributed by atoms with Crippen molar-refractivity contribution in [1.29, 1.82) is 0 Å². The van der Waals surface area contributed by atoms with Gasteiger partial charge in [0.2, 0.25) is 5.78 Å². The molecule has 3 nitrogen and oxygen atoms in total. The molecule has 100 valence electrons. The van der Waals surface area contributed by atoms with Crippen LogP contribution in [0.15, 0.2) is 53.1 Å². The lowest BCUT2D eigenvalue weighted by atomic mass is 10.2. The zero-order valence-corrected chi connectivity index (χ0v) is 11.2. The molecular weight excluding hydrogens is 238 g/mol. The predicted octanol–water partition coefficient (Wildman–Crippen LogP) is 3.77. The molecule has 0 bridgehead atoms. The lowest BCUT2D eigenvalue weighted by Gasteiger charge is -2.23. The van der Waals surface area contributed by atoms with E-state index < -0.39 is 0 Å². The molecule has 1 aromatic carbocycles. The highest BCUT2D eigenvalue weighted by molar-refractivity contribution is 5.96. The summed E-state index contributed by atoms with van der Waals surface area (Å²) in [5, 5.41) is 0. The summed E-state index contributed by atoms with van der Waals surface area (Å²) in [6.45, 7) is 3.39. The maximum absolute atomic E-state index is 12.1. The van der Waals surface area contributed by atoms with E-state index in [9.17, 15) is 4.79 Å². The van der Waals surface area contributed by atoms with Gasteiger partial charge < -0.3 is 9.32 Å². The van der Waals surface area contributed by atoms with Crippen LogP contribution in [0.3, 0.4) is 0 Å². The fraction of sp³-hybridized carbons (Fsp3) is 0.312. The first-order valence-corrected chi connectivity index (χ1v) is 6.68. The van der Waals surface area contributed by atoms with E-state index in [1.165, 1.54) is 6.26 Å². The van der Waals surface area contributed by atoms with E-state index in [1.54, 1.807) is 12.1 Å². The quantitative estimate of drug-likeness (QED) is 0.708. The third kappa shape index (κ3) is 3.71. The standard InChI is InChI=1S/C16H19NO2/c1-2-3-11-17(14-8-5-4-6-9-14)13-15(18)16-10-7-12-19-16/h4-10,12H,2-3,11,13H2,1H3. The Morgan fingerprint density at radius 3 is 2.58 bits per heavy atom. The van der Waals surface area contributed by atoms with Gasteiger partial charge in [-0.25, -0.2) is 0 Å². The summed E-state index contributed by atoms with van der Waals surface area (Å²) in [6.07, 6.45) is 3.71. The Morgan fingerprint density at radius 2 is 1.95 bits per heavy atom. The van der Waals surface area contributed by atoms with Crippen molar-refractivity contribution in [2.75, 3.05) is 18.0 Å². The largest absolute Gasteiger partial charge is 0.461 e. The predicted molar refractivity (Wildman–Crippen MR) is 76.6 cm³/mol. The van der Waals surface area contributed by atoms with Gasteiger partial charge in [0.25, 0.3) is 0 Å². The van der Waals surface area contributed by atoms with E-state index in [0.717, 1.165) is 25.1 Å². The summed E-state index contributed by atoms with van der Waals surface area (Å²) in [7, 11) is 0. The molecular formula is C16H19NO2. The van der Waals surface area contributed by atoms with Crippen molar-refractivity contribution in [3.63, 3.8) is 0 Å². The van der Waals surface area contributed by atoms with Gasteiger partial charge >= 0.3 is 0 Å². The Labute approximate surface area is 113 Å². The maximum atomic E-state index is 12.1. The zero-order chi connectivity index (χ0) is 13.5. The van der Waals surface area contributed by atoms with Crippen molar-refractivity contribution < 1.29 is 9.21 Å². The van der Waals surface area contributed by atoms with E-state index in [4.69, 9.17) is 4.42 Å². The van der Waals surface area contributed by atoms with Gasteiger partial charge in [-0.1, -0.05) is 31.5 Å². The van der Waals surface area contributed by atoms with Crippen LogP contribution in [0.2, 0.25) is 0 Å². The Kier molecular flexibility index (Phi) is 4.78. The minimum atomic E-state index is 0.0185. The average Bonchev–Trinajstić information content (AvgIpc) is 2.98. The van der Waals surface area contributed by atoms with Crippen molar-refractivity contribution >= 4 is 11.5 Å². The van der Waals surface area contributed by atoms with Crippen LogP contribution < -0.4 is 4.90 Å². The molecule has 0 radical (unpaired) electrons. The van der Waals surface area contributed by atoms with Gasteiger partial charge in [-0.3, -0.25) is 4.79 Å². The molecule has 2 rings (SSSR count). The minimum absolute atomic E-state index is 0.0185. The van der Waals surface area contributed by atoms with Crippen LogP contribution in [0.5, 0.6) is 0 Å². The highest BCUT2D eigenvalue weighted by Gasteiger charge is 2.14. The minimum Gasteiger partial charge on any atom is -0.461 e. The molecule has 0 aliphatic heterocycles. The van der Waals surface area contributed by atoms with Crippen molar-refractivity contribution in [2.24, 2.45) is 0 Å². The van der Waals surface area contributed by atoms with Gasteiger partial charge in [-0.05, 0) is 30.7 Å². The number of para-hydroxylation sites is 1. The number of unbranched alkanes of at least 4 members (excludes halogenated alkanes) is 1. The Morgan fingerprint density at radius 1 is 1.16 bits per heavy atom. The molecule has 0 fully saturated rings. The molecule has 0 N–H and O–H groups in total. The molecule has 0 unspecified atom stereocenters. The number of anilines is 1. The van der Waals surface area contributed by atoms with Crippen molar-refractivity contribution in [2.45, 2.75) is 19.8 Å². The van der Waals surface area contributed by atoms with Crippen molar-refractivity contribution in [1.82, 2.24) is 0 Å². The van der Waals surface area contributed by atoms with Crippen LogP contribution in [0.1, 0.15) is 30.3 Å². The van der Waals surface area contributed by atoms with Crippen molar-refractivity contribution in [3.05, 3.63) is 54.5 Å². The molecule has 3 heteroatoms. The van der Waals surface area contributed by atoms with Crippen LogP contribution in [0.4, 0.5) is 5.69 Å². The average molecular weight is 257 g/mol. The highest BCUT2D eigenvalue weighted by Crippen LogP contribution is 2.15. The lowest BCUT2D eigenvalue weighted by molar-refractivity contribution is 0.0972. The number of hydrogen-bond donors (Lipinski definition) is 0. The Balaban J connectivity index is 2.08. The number of carbonyl (C=O) groups is 1. The van der Waals surface area contributed by atoms with Gasteiger partial charge in [0, 0.05) is 12.2 Å². The second-order valence-corrected chi connectivity index (χ2v) is 4.51. The fourth-order valence-electron chi connectivity index (χ4n) is 1.98. The van der Waals surface area contributed by atoms with Crippen LogP contribution in [0.25, 0.3) is 0 Å². The van der Waals surface area contributed by atoms with E-state index >= 15 is 0 Å². The van der Waals surface area contributed by atoms with Gasteiger partial charge in [0.1, 0.15) is 0 Å². The number of furan rings is 1.